The number of hydrogen-bond acceptors (Lipinski definition) is 2. The van der Waals surface area contributed by atoms with Crippen LogP contribution in [0.4, 0.5) is 13.2 Å². The van der Waals surface area contributed by atoms with Crippen LogP contribution in [0.1, 0.15) is 19.3 Å². The van der Waals surface area contributed by atoms with Crippen LogP contribution in [-0.4, -0.2) is 19.9 Å². The van der Waals surface area contributed by atoms with E-state index in [0.29, 0.717) is 12.5 Å². The first-order valence-corrected chi connectivity index (χ1v) is 6.02. The minimum Gasteiger partial charge on any atom is -0.490 e. The van der Waals surface area contributed by atoms with Crippen LogP contribution in [0.25, 0.3) is 0 Å². The average Bonchev–Trinajstić information content (AvgIpc) is 3.18. The zero-order valence-electron chi connectivity index (χ0n) is 9.93. The lowest BCUT2D eigenvalue weighted by atomic mass is 10.3. The fraction of sp³-hybridized carbons (Fsp3) is 0.538. The maximum atomic E-state index is 13.6. The molecule has 1 aliphatic rings. The fourth-order valence-electron chi connectivity index (χ4n) is 1.47. The highest BCUT2D eigenvalue weighted by molar-refractivity contribution is 5.35. The molecule has 2 nitrogen and oxygen atoms in total. The molecule has 1 aliphatic carbocycles. The predicted octanol–water partition coefficient (Wildman–Crippen LogP) is 3.49. The molecule has 0 saturated heterocycles. The molecule has 0 heterocycles. The summed E-state index contributed by atoms with van der Waals surface area (Å²) < 4.78 is 49.1. The number of ether oxygens (including phenoxy) is 2. The number of hydrogen-bond donors (Lipinski definition) is 0. The third-order valence-corrected chi connectivity index (χ3v) is 2.72. The molecule has 100 valence electrons. The summed E-state index contributed by atoms with van der Waals surface area (Å²) in [4.78, 5) is 0. The highest BCUT2D eigenvalue weighted by atomic mass is 19.2. The summed E-state index contributed by atoms with van der Waals surface area (Å²) in [5, 5.41) is 0. The Hall–Kier alpha value is -1.39. The van der Waals surface area contributed by atoms with E-state index in [1.54, 1.807) is 0 Å². The van der Waals surface area contributed by atoms with Crippen molar-refractivity contribution in [1.29, 1.82) is 0 Å². The Balaban J connectivity index is 1.98. The van der Waals surface area contributed by atoms with Crippen molar-refractivity contribution in [2.75, 3.05) is 19.9 Å². The van der Waals surface area contributed by atoms with E-state index in [0.717, 1.165) is 12.8 Å². The lowest BCUT2D eigenvalue weighted by Crippen LogP contribution is -2.05. The second-order valence-corrected chi connectivity index (χ2v) is 4.34. The first-order valence-electron chi connectivity index (χ1n) is 6.02. The van der Waals surface area contributed by atoms with E-state index in [9.17, 15) is 13.2 Å². The molecule has 5 heteroatoms. The fourth-order valence-corrected chi connectivity index (χ4v) is 1.47. The van der Waals surface area contributed by atoms with Gasteiger partial charge >= 0.3 is 0 Å². The second kappa shape index (κ2) is 5.98. The van der Waals surface area contributed by atoms with Gasteiger partial charge < -0.3 is 9.47 Å². The van der Waals surface area contributed by atoms with Gasteiger partial charge in [0.2, 0.25) is 11.6 Å². The molecule has 18 heavy (non-hydrogen) atoms. The number of rotatable bonds is 7. The van der Waals surface area contributed by atoms with Crippen LogP contribution in [0.5, 0.6) is 11.5 Å². The summed E-state index contributed by atoms with van der Waals surface area (Å²) in [6.45, 7) is -0.111. The van der Waals surface area contributed by atoms with Gasteiger partial charge in [0.1, 0.15) is 0 Å². The predicted molar refractivity (Wildman–Crippen MR) is 60.7 cm³/mol. The molecule has 0 N–H and O–H groups in total. The van der Waals surface area contributed by atoms with Gasteiger partial charge in [0.15, 0.2) is 11.5 Å². The van der Waals surface area contributed by atoms with Crippen LogP contribution < -0.4 is 9.47 Å². The highest BCUT2D eigenvalue weighted by Gasteiger charge is 2.23. The normalized spacial score (nSPS) is 14.6. The van der Waals surface area contributed by atoms with Crippen molar-refractivity contribution in [2.24, 2.45) is 5.92 Å². The minimum absolute atomic E-state index is 0.0230. The maximum Gasteiger partial charge on any atom is 0.204 e. The lowest BCUT2D eigenvalue weighted by Gasteiger charge is -2.10. The molecule has 1 saturated carbocycles. The lowest BCUT2D eigenvalue weighted by molar-refractivity contribution is 0.259. The van der Waals surface area contributed by atoms with Crippen LogP contribution in [0.15, 0.2) is 12.1 Å². The third-order valence-electron chi connectivity index (χ3n) is 2.72. The van der Waals surface area contributed by atoms with Crippen LogP contribution in [0.3, 0.4) is 0 Å². The van der Waals surface area contributed by atoms with E-state index in [1.165, 1.54) is 12.1 Å². The Kier molecular flexibility index (Phi) is 4.33. The molecule has 2 rings (SSSR count). The summed E-state index contributed by atoms with van der Waals surface area (Å²) in [6.07, 6.45) is 2.31. The van der Waals surface area contributed by atoms with E-state index in [1.807, 2.05) is 0 Å². The Morgan fingerprint density at radius 1 is 1.06 bits per heavy atom. The Labute approximate surface area is 104 Å². The molecule has 1 aromatic carbocycles. The van der Waals surface area contributed by atoms with Gasteiger partial charge in [0.25, 0.3) is 0 Å². The van der Waals surface area contributed by atoms with Crippen molar-refractivity contribution in [3.63, 3.8) is 0 Å². The van der Waals surface area contributed by atoms with E-state index in [2.05, 4.69) is 0 Å². The van der Waals surface area contributed by atoms with Crippen molar-refractivity contribution in [2.45, 2.75) is 19.3 Å². The summed E-state index contributed by atoms with van der Waals surface area (Å²) in [5.41, 5.74) is 0. The minimum atomic E-state index is -1.08. The largest absolute Gasteiger partial charge is 0.490 e. The van der Waals surface area contributed by atoms with Crippen molar-refractivity contribution in [1.82, 2.24) is 0 Å². The van der Waals surface area contributed by atoms with Gasteiger partial charge in [0, 0.05) is 6.42 Å². The molecular formula is C13H15F3O2. The molecular weight excluding hydrogens is 245 g/mol. The Morgan fingerprint density at radius 2 is 1.67 bits per heavy atom. The van der Waals surface area contributed by atoms with Gasteiger partial charge in [-0.15, -0.1) is 0 Å². The number of alkyl halides is 1. The molecule has 0 aromatic heterocycles. The van der Waals surface area contributed by atoms with E-state index < -0.39 is 18.3 Å². The van der Waals surface area contributed by atoms with E-state index in [4.69, 9.17) is 9.47 Å². The third kappa shape index (κ3) is 3.31. The molecule has 1 fully saturated rings. The molecule has 0 amide bonds. The van der Waals surface area contributed by atoms with Gasteiger partial charge in [-0.1, -0.05) is 0 Å². The average molecular weight is 260 g/mol. The zero-order valence-corrected chi connectivity index (χ0v) is 9.93. The van der Waals surface area contributed by atoms with Gasteiger partial charge in [-0.2, -0.15) is 8.78 Å². The monoisotopic (exact) mass is 260 g/mol. The van der Waals surface area contributed by atoms with Crippen molar-refractivity contribution in [3.8, 4) is 11.5 Å². The molecule has 0 spiro atoms. The SMILES string of the molecule is FCCCOc1ccc(OCC2CC2)c(F)c1F. The van der Waals surface area contributed by atoms with Gasteiger partial charge in [-0.25, -0.2) is 0 Å². The van der Waals surface area contributed by atoms with Crippen LogP contribution in [-0.2, 0) is 0 Å². The van der Waals surface area contributed by atoms with Crippen molar-refractivity contribution in [3.05, 3.63) is 23.8 Å². The number of halogens is 3. The smallest absolute Gasteiger partial charge is 0.204 e. The highest BCUT2D eigenvalue weighted by Crippen LogP contribution is 2.32. The van der Waals surface area contributed by atoms with Gasteiger partial charge in [0.05, 0.1) is 19.9 Å². The van der Waals surface area contributed by atoms with Gasteiger partial charge in [-0.3, -0.25) is 4.39 Å². The zero-order chi connectivity index (χ0) is 13.0. The second-order valence-electron chi connectivity index (χ2n) is 4.34. The Morgan fingerprint density at radius 3 is 2.22 bits per heavy atom. The quantitative estimate of drug-likeness (QED) is 0.699. The maximum absolute atomic E-state index is 13.6. The Bertz CT molecular complexity index is 405. The first-order chi connectivity index (χ1) is 8.72. The van der Waals surface area contributed by atoms with E-state index >= 15 is 0 Å². The summed E-state index contributed by atoms with van der Waals surface area (Å²) in [6, 6.07) is 2.64. The van der Waals surface area contributed by atoms with Gasteiger partial charge in [-0.05, 0) is 30.9 Å². The van der Waals surface area contributed by atoms with Crippen molar-refractivity contribution >= 4 is 0 Å². The van der Waals surface area contributed by atoms with Crippen LogP contribution in [0, 0.1) is 17.6 Å². The summed E-state index contributed by atoms with van der Waals surface area (Å²) in [5.74, 6) is -1.97. The molecule has 0 unspecified atom stereocenters. The van der Waals surface area contributed by atoms with Crippen molar-refractivity contribution < 1.29 is 22.6 Å². The first kappa shape index (κ1) is 13.1. The molecule has 0 atom stereocenters. The summed E-state index contributed by atoms with van der Waals surface area (Å²) in [7, 11) is 0. The van der Waals surface area contributed by atoms with Crippen LogP contribution in [0.2, 0.25) is 0 Å². The van der Waals surface area contributed by atoms with E-state index in [-0.39, 0.29) is 24.5 Å². The standard InChI is InChI=1S/C13H15F3O2/c14-6-1-7-17-10-4-5-11(13(16)12(10)15)18-8-9-2-3-9/h4-5,9H,1-3,6-8H2. The summed E-state index contributed by atoms with van der Waals surface area (Å²) >= 11 is 0. The molecule has 0 bridgehead atoms. The van der Waals surface area contributed by atoms with Crippen LogP contribution >= 0.6 is 0 Å². The molecule has 0 radical (unpaired) electrons. The molecule has 0 aliphatic heterocycles. The topological polar surface area (TPSA) is 18.5 Å². The number of benzene rings is 1. The molecule has 1 aromatic rings.